The summed E-state index contributed by atoms with van der Waals surface area (Å²) >= 11 is 17.4. The minimum absolute atomic E-state index is 0.0276. The topological polar surface area (TPSA) is 84.0 Å². The molecule has 0 aliphatic rings. The second-order valence-electron chi connectivity index (χ2n) is 5.55. The number of amides is 3. The standard InChI is InChI=1S/C16H15Cl3N4O2/c1-7(2)11-12(8(3)4-5-20-11)21-16(25)23-15(24)9-6-10(17)14(19)22-13(9)18/h4-7H,1-3H3,(H2,21,23,24,25). The van der Waals surface area contributed by atoms with Crippen LogP contribution in [0.3, 0.4) is 0 Å². The highest BCUT2D eigenvalue weighted by Gasteiger charge is 2.19. The van der Waals surface area contributed by atoms with Gasteiger partial charge in [-0.1, -0.05) is 48.7 Å². The Hall–Kier alpha value is -1.89. The number of nitrogens with one attached hydrogen (secondary N) is 2. The van der Waals surface area contributed by atoms with Crippen LogP contribution in [0.5, 0.6) is 0 Å². The van der Waals surface area contributed by atoms with Crippen molar-refractivity contribution in [3.63, 3.8) is 0 Å². The van der Waals surface area contributed by atoms with Gasteiger partial charge in [0, 0.05) is 6.20 Å². The van der Waals surface area contributed by atoms with E-state index >= 15 is 0 Å². The van der Waals surface area contributed by atoms with E-state index in [9.17, 15) is 9.59 Å². The predicted molar refractivity (Wildman–Crippen MR) is 98.8 cm³/mol. The highest BCUT2D eigenvalue weighted by Crippen LogP contribution is 2.26. The first-order valence-electron chi connectivity index (χ1n) is 7.30. The Morgan fingerprint density at radius 3 is 2.48 bits per heavy atom. The monoisotopic (exact) mass is 400 g/mol. The van der Waals surface area contributed by atoms with Crippen LogP contribution in [0.2, 0.25) is 15.3 Å². The number of halogens is 3. The van der Waals surface area contributed by atoms with Crippen molar-refractivity contribution in [2.24, 2.45) is 0 Å². The lowest BCUT2D eigenvalue weighted by molar-refractivity contribution is 0.0967. The van der Waals surface area contributed by atoms with E-state index in [1.165, 1.54) is 6.07 Å². The van der Waals surface area contributed by atoms with Crippen LogP contribution in [-0.2, 0) is 0 Å². The molecule has 0 bridgehead atoms. The summed E-state index contributed by atoms with van der Waals surface area (Å²) in [5.74, 6) is -0.652. The van der Waals surface area contributed by atoms with Gasteiger partial charge in [-0.05, 0) is 30.5 Å². The van der Waals surface area contributed by atoms with Crippen LogP contribution in [0.25, 0.3) is 0 Å². The second kappa shape index (κ2) is 7.99. The first-order chi connectivity index (χ1) is 11.7. The van der Waals surface area contributed by atoms with Gasteiger partial charge in [-0.2, -0.15) is 0 Å². The quantitative estimate of drug-likeness (QED) is 0.721. The molecule has 25 heavy (non-hydrogen) atoms. The molecule has 2 heterocycles. The summed E-state index contributed by atoms with van der Waals surface area (Å²) in [6, 6.07) is 2.30. The molecule has 9 heteroatoms. The Balaban J connectivity index is 2.19. The van der Waals surface area contributed by atoms with Crippen LogP contribution < -0.4 is 10.6 Å². The number of aryl methyl sites for hydroxylation is 1. The molecule has 0 fully saturated rings. The van der Waals surface area contributed by atoms with Crippen LogP contribution in [0, 0.1) is 6.92 Å². The molecule has 2 N–H and O–H groups in total. The number of rotatable bonds is 3. The highest BCUT2D eigenvalue weighted by molar-refractivity contribution is 6.42. The largest absolute Gasteiger partial charge is 0.326 e. The molecule has 0 unspecified atom stereocenters. The molecule has 0 aromatic carbocycles. The Labute approximate surface area is 159 Å². The fraction of sp³-hybridized carbons (Fsp3) is 0.250. The summed E-state index contributed by atoms with van der Waals surface area (Å²) in [5.41, 5.74) is 2.05. The molecular weight excluding hydrogens is 387 g/mol. The number of urea groups is 1. The predicted octanol–water partition coefficient (Wildman–Crippen LogP) is 4.83. The van der Waals surface area contributed by atoms with Crippen molar-refractivity contribution in [3.8, 4) is 0 Å². The zero-order valence-electron chi connectivity index (χ0n) is 13.7. The van der Waals surface area contributed by atoms with Gasteiger partial charge in [0.05, 0.1) is 22.0 Å². The Kier molecular flexibility index (Phi) is 6.21. The number of hydrogen-bond acceptors (Lipinski definition) is 4. The first-order valence-corrected chi connectivity index (χ1v) is 8.43. The zero-order valence-corrected chi connectivity index (χ0v) is 15.9. The third-order valence-electron chi connectivity index (χ3n) is 3.33. The van der Waals surface area contributed by atoms with Crippen molar-refractivity contribution in [3.05, 3.63) is 50.5 Å². The molecule has 0 atom stereocenters. The zero-order chi connectivity index (χ0) is 18.7. The van der Waals surface area contributed by atoms with E-state index in [1.807, 2.05) is 20.8 Å². The number of imide groups is 1. The van der Waals surface area contributed by atoms with Gasteiger partial charge < -0.3 is 5.32 Å². The smallest absolute Gasteiger partial charge is 0.306 e. The van der Waals surface area contributed by atoms with Crippen molar-refractivity contribution in [2.45, 2.75) is 26.7 Å². The molecule has 0 saturated heterocycles. The number of nitrogens with zero attached hydrogens (tertiary/aromatic N) is 2. The number of carbonyl (C=O) groups excluding carboxylic acids is 2. The Morgan fingerprint density at radius 1 is 1.16 bits per heavy atom. The third-order valence-corrected chi connectivity index (χ3v) is 4.29. The maximum absolute atomic E-state index is 12.2. The highest BCUT2D eigenvalue weighted by atomic mass is 35.5. The number of carbonyl (C=O) groups is 2. The fourth-order valence-corrected chi connectivity index (χ4v) is 2.66. The number of hydrogen-bond donors (Lipinski definition) is 2. The lowest BCUT2D eigenvalue weighted by Crippen LogP contribution is -2.35. The molecule has 0 aliphatic heterocycles. The van der Waals surface area contributed by atoms with Gasteiger partial charge in [0.1, 0.15) is 10.3 Å². The molecule has 2 aromatic heterocycles. The van der Waals surface area contributed by atoms with Crippen LogP contribution in [0.4, 0.5) is 10.5 Å². The van der Waals surface area contributed by atoms with Crippen molar-refractivity contribution in [1.82, 2.24) is 15.3 Å². The Morgan fingerprint density at radius 2 is 1.84 bits per heavy atom. The lowest BCUT2D eigenvalue weighted by atomic mass is 10.1. The molecule has 0 aliphatic carbocycles. The first kappa shape index (κ1) is 19.4. The SMILES string of the molecule is Cc1ccnc(C(C)C)c1NC(=O)NC(=O)c1cc(Cl)c(Cl)nc1Cl. The van der Waals surface area contributed by atoms with E-state index in [0.29, 0.717) is 5.69 Å². The van der Waals surface area contributed by atoms with Crippen molar-refractivity contribution < 1.29 is 9.59 Å². The Bertz CT molecular complexity index is 840. The maximum Gasteiger partial charge on any atom is 0.326 e. The summed E-state index contributed by atoms with van der Waals surface area (Å²) < 4.78 is 0. The van der Waals surface area contributed by atoms with E-state index in [0.717, 1.165) is 11.3 Å². The molecule has 0 saturated carbocycles. The maximum atomic E-state index is 12.2. The van der Waals surface area contributed by atoms with E-state index in [-0.39, 0.29) is 26.8 Å². The van der Waals surface area contributed by atoms with Crippen molar-refractivity contribution in [2.75, 3.05) is 5.32 Å². The lowest BCUT2D eigenvalue weighted by Gasteiger charge is -2.15. The summed E-state index contributed by atoms with van der Waals surface area (Å²) in [4.78, 5) is 32.4. The molecule has 6 nitrogen and oxygen atoms in total. The fourth-order valence-electron chi connectivity index (χ4n) is 2.10. The van der Waals surface area contributed by atoms with Crippen molar-refractivity contribution in [1.29, 1.82) is 0 Å². The van der Waals surface area contributed by atoms with Crippen LogP contribution >= 0.6 is 34.8 Å². The molecule has 0 spiro atoms. The van der Waals surface area contributed by atoms with E-state index < -0.39 is 11.9 Å². The molecule has 2 aromatic rings. The van der Waals surface area contributed by atoms with Gasteiger partial charge in [0.2, 0.25) is 0 Å². The molecule has 0 radical (unpaired) electrons. The molecular formula is C16H15Cl3N4O2. The summed E-state index contributed by atoms with van der Waals surface area (Å²) in [5, 5.41) is 4.71. The van der Waals surface area contributed by atoms with Crippen molar-refractivity contribution >= 4 is 52.4 Å². The van der Waals surface area contributed by atoms with Crippen LogP contribution in [0.15, 0.2) is 18.3 Å². The normalized spacial score (nSPS) is 10.7. The van der Waals surface area contributed by atoms with Crippen LogP contribution in [-0.4, -0.2) is 21.9 Å². The molecule has 3 amide bonds. The van der Waals surface area contributed by atoms with Gasteiger partial charge in [-0.25, -0.2) is 9.78 Å². The minimum atomic E-state index is -0.749. The average Bonchev–Trinajstić information content (AvgIpc) is 2.52. The van der Waals surface area contributed by atoms with Crippen LogP contribution in [0.1, 0.15) is 41.4 Å². The average molecular weight is 402 g/mol. The van der Waals surface area contributed by atoms with Gasteiger partial charge >= 0.3 is 6.03 Å². The minimum Gasteiger partial charge on any atom is -0.306 e. The van der Waals surface area contributed by atoms with Gasteiger partial charge in [0.15, 0.2) is 0 Å². The van der Waals surface area contributed by atoms with Gasteiger partial charge in [-0.15, -0.1) is 0 Å². The van der Waals surface area contributed by atoms with E-state index in [4.69, 9.17) is 34.8 Å². The third kappa shape index (κ3) is 4.60. The van der Waals surface area contributed by atoms with Gasteiger partial charge in [-0.3, -0.25) is 15.1 Å². The van der Waals surface area contributed by atoms with E-state index in [2.05, 4.69) is 20.6 Å². The summed E-state index contributed by atoms with van der Waals surface area (Å²) in [7, 11) is 0. The number of pyridine rings is 2. The van der Waals surface area contributed by atoms with E-state index in [1.54, 1.807) is 12.3 Å². The summed E-state index contributed by atoms with van der Waals surface area (Å²) in [6.45, 7) is 5.75. The van der Waals surface area contributed by atoms with Gasteiger partial charge in [0.25, 0.3) is 5.91 Å². The second-order valence-corrected chi connectivity index (χ2v) is 6.67. The number of aromatic nitrogens is 2. The molecule has 2 rings (SSSR count). The summed E-state index contributed by atoms with van der Waals surface area (Å²) in [6.07, 6.45) is 1.67. The molecule has 132 valence electrons. The number of anilines is 1.